The fraction of sp³-hybridized carbons (Fsp3) is 0.500. The second kappa shape index (κ2) is 12.9. The Bertz CT molecular complexity index is 138. The average Bonchev–Trinajstić information content (AvgIpc) is 2.15. The minimum absolute atomic E-state index is 1.09. The highest BCUT2D eigenvalue weighted by molar-refractivity contribution is 5.22. The van der Waals surface area contributed by atoms with E-state index in [0.717, 1.165) is 12.8 Å². The van der Waals surface area contributed by atoms with Crippen molar-refractivity contribution in [2.75, 3.05) is 0 Å². The minimum atomic E-state index is 1.09. The Labute approximate surface area is 77.7 Å². The first-order valence-electron chi connectivity index (χ1n) is 4.83. The van der Waals surface area contributed by atoms with Gasteiger partial charge in [-0.3, -0.25) is 0 Å². The lowest BCUT2D eigenvalue weighted by Crippen LogP contribution is -1.71. The summed E-state index contributed by atoms with van der Waals surface area (Å²) in [5, 5.41) is 0. The molecule has 0 aromatic rings. The summed E-state index contributed by atoms with van der Waals surface area (Å²) in [4.78, 5) is 0. The molecular weight excluding hydrogens is 144 g/mol. The highest BCUT2D eigenvalue weighted by Crippen LogP contribution is 2.02. The van der Waals surface area contributed by atoms with Gasteiger partial charge in [-0.1, -0.05) is 58.6 Å². The summed E-state index contributed by atoms with van der Waals surface area (Å²) < 4.78 is 0. The van der Waals surface area contributed by atoms with E-state index < -0.39 is 0 Å². The third-order valence-corrected chi connectivity index (χ3v) is 1.31. The summed E-state index contributed by atoms with van der Waals surface area (Å²) >= 11 is 0. The number of hydrogen-bond donors (Lipinski definition) is 0. The van der Waals surface area contributed by atoms with Gasteiger partial charge >= 0.3 is 0 Å². The van der Waals surface area contributed by atoms with Gasteiger partial charge in [0.05, 0.1) is 0 Å². The zero-order chi connectivity index (χ0) is 9.82. The lowest BCUT2D eigenvalue weighted by molar-refractivity contribution is 1.13. The van der Waals surface area contributed by atoms with Gasteiger partial charge in [0, 0.05) is 0 Å². The second-order valence-electron chi connectivity index (χ2n) is 2.14. The van der Waals surface area contributed by atoms with Crippen molar-refractivity contribution in [2.24, 2.45) is 0 Å². The van der Waals surface area contributed by atoms with Gasteiger partial charge in [0.25, 0.3) is 0 Å². The van der Waals surface area contributed by atoms with Gasteiger partial charge in [-0.25, -0.2) is 0 Å². The monoisotopic (exact) mass is 166 g/mol. The first kappa shape index (κ1) is 13.8. The fourth-order valence-electron chi connectivity index (χ4n) is 0.712. The van der Waals surface area contributed by atoms with E-state index in [1.165, 1.54) is 5.57 Å². The molecule has 0 aliphatic rings. The molecule has 0 spiro atoms. The summed E-state index contributed by atoms with van der Waals surface area (Å²) in [5.74, 6) is 0. The normalized spacial score (nSPS) is 10.8. The molecule has 0 N–H and O–H groups in total. The first-order valence-corrected chi connectivity index (χ1v) is 4.83. The Morgan fingerprint density at radius 2 is 1.83 bits per heavy atom. The summed E-state index contributed by atoms with van der Waals surface area (Å²) in [6.07, 6.45) is 10.4. The zero-order valence-electron chi connectivity index (χ0n) is 8.93. The molecule has 0 aromatic carbocycles. The Balaban J connectivity index is 0. The summed E-state index contributed by atoms with van der Waals surface area (Å²) in [6, 6.07) is 0. The van der Waals surface area contributed by atoms with Crippen LogP contribution in [0.15, 0.2) is 36.5 Å². The third-order valence-electron chi connectivity index (χ3n) is 1.31. The van der Waals surface area contributed by atoms with E-state index in [9.17, 15) is 0 Å². The van der Waals surface area contributed by atoms with E-state index in [1.807, 2.05) is 26.0 Å². The van der Waals surface area contributed by atoms with Crippen molar-refractivity contribution < 1.29 is 0 Å². The number of hydrogen-bond acceptors (Lipinski definition) is 0. The average molecular weight is 166 g/mol. The molecule has 0 aliphatic heterocycles. The van der Waals surface area contributed by atoms with E-state index in [-0.39, 0.29) is 0 Å². The van der Waals surface area contributed by atoms with Crippen molar-refractivity contribution in [3.63, 3.8) is 0 Å². The maximum absolute atomic E-state index is 3.65. The summed E-state index contributed by atoms with van der Waals surface area (Å²) in [7, 11) is 0. The Kier molecular flexibility index (Phi) is 14.8. The molecule has 0 fully saturated rings. The standard InChI is InChI=1S/C10H16.C2H6/c1-4-7-9-10(6-3)8-5-2;1-2/h5,7-9H,2,4,6H2,1,3H3;1-2H3/b9-7-,10-8-;. The van der Waals surface area contributed by atoms with Gasteiger partial charge in [-0.15, -0.1) is 0 Å². The van der Waals surface area contributed by atoms with Crippen molar-refractivity contribution in [1.29, 1.82) is 0 Å². The van der Waals surface area contributed by atoms with Crippen molar-refractivity contribution in [2.45, 2.75) is 40.5 Å². The quantitative estimate of drug-likeness (QED) is 0.539. The smallest absolute Gasteiger partial charge is 0.0308 e. The molecule has 12 heavy (non-hydrogen) atoms. The molecule has 0 aromatic heterocycles. The van der Waals surface area contributed by atoms with Crippen LogP contribution in [0.1, 0.15) is 40.5 Å². The van der Waals surface area contributed by atoms with Crippen molar-refractivity contribution in [3.8, 4) is 0 Å². The molecule has 0 heterocycles. The molecule has 0 rings (SSSR count). The van der Waals surface area contributed by atoms with E-state index >= 15 is 0 Å². The van der Waals surface area contributed by atoms with Crippen LogP contribution in [-0.4, -0.2) is 0 Å². The van der Waals surface area contributed by atoms with E-state index in [1.54, 1.807) is 0 Å². The van der Waals surface area contributed by atoms with Crippen LogP contribution in [0.4, 0.5) is 0 Å². The van der Waals surface area contributed by atoms with Crippen LogP contribution in [0, 0.1) is 0 Å². The number of rotatable bonds is 4. The lowest BCUT2D eigenvalue weighted by atomic mass is 10.1. The molecule has 0 atom stereocenters. The van der Waals surface area contributed by atoms with Gasteiger partial charge in [0.15, 0.2) is 0 Å². The van der Waals surface area contributed by atoms with E-state index in [0.29, 0.717) is 0 Å². The van der Waals surface area contributed by atoms with Crippen LogP contribution in [-0.2, 0) is 0 Å². The van der Waals surface area contributed by atoms with Crippen molar-refractivity contribution in [1.82, 2.24) is 0 Å². The highest BCUT2D eigenvalue weighted by atomic mass is 13.9. The molecule has 0 heteroatoms. The molecule has 0 saturated carbocycles. The number of allylic oxidation sites excluding steroid dienone is 5. The largest absolute Gasteiger partial charge is 0.0991 e. The first-order chi connectivity index (χ1) is 5.85. The summed E-state index contributed by atoms with van der Waals surface area (Å²) in [6.45, 7) is 11.9. The molecule has 0 unspecified atom stereocenters. The molecular formula is C12H22. The highest BCUT2D eigenvalue weighted by Gasteiger charge is 1.82. The second-order valence-corrected chi connectivity index (χ2v) is 2.14. The maximum Gasteiger partial charge on any atom is -0.0308 e. The topological polar surface area (TPSA) is 0 Å². The third kappa shape index (κ3) is 9.22. The van der Waals surface area contributed by atoms with Crippen LogP contribution in [0.25, 0.3) is 0 Å². The van der Waals surface area contributed by atoms with Gasteiger partial charge in [0.1, 0.15) is 0 Å². The maximum atomic E-state index is 3.65. The predicted octanol–water partition coefficient (Wildman–Crippen LogP) is 4.50. The Morgan fingerprint density at radius 3 is 2.17 bits per heavy atom. The molecule has 70 valence electrons. The van der Waals surface area contributed by atoms with Crippen LogP contribution in [0.3, 0.4) is 0 Å². The van der Waals surface area contributed by atoms with Gasteiger partial charge in [-0.2, -0.15) is 0 Å². The van der Waals surface area contributed by atoms with Crippen LogP contribution >= 0.6 is 0 Å². The van der Waals surface area contributed by atoms with Gasteiger partial charge < -0.3 is 0 Å². The molecule has 0 radical (unpaired) electrons. The molecule has 0 aliphatic carbocycles. The van der Waals surface area contributed by atoms with E-state index in [2.05, 4.69) is 32.6 Å². The Hall–Kier alpha value is -0.780. The van der Waals surface area contributed by atoms with Gasteiger partial charge in [-0.05, 0) is 18.4 Å². The van der Waals surface area contributed by atoms with Crippen LogP contribution in [0.5, 0.6) is 0 Å². The van der Waals surface area contributed by atoms with Crippen molar-refractivity contribution >= 4 is 0 Å². The minimum Gasteiger partial charge on any atom is -0.0991 e. The lowest BCUT2D eigenvalue weighted by Gasteiger charge is -1.92. The molecule has 0 bridgehead atoms. The van der Waals surface area contributed by atoms with Crippen LogP contribution in [0.2, 0.25) is 0 Å². The molecule has 0 saturated heterocycles. The van der Waals surface area contributed by atoms with Crippen molar-refractivity contribution in [3.05, 3.63) is 36.5 Å². The van der Waals surface area contributed by atoms with Gasteiger partial charge in [0.2, 0.25) is 0 Å². The van der Waals surface area contributed by atoms with Crippen LogP contribution < -0.4 is 0 Å². The Morgan fingerprint density at radius 1 is 1.25 bits per heavy atom. The predicted molar refractivity (Wildman–Crippen MR) is 59.4 cm³/mol. The zero-order valence-corrected chi connectivity index (χ0v) is 8.93. The molecule has 0 nitrogen and oxygen atoms in total. The van der Waals surface area contributed by atoms with E-state index in [4.69, 9.17) is 0 Å². The summed E-state index contributed by atoms with van der Waals surface area (Å²) in [5.41, 5.74) is 1.34. The SMILES string of the molecule is C=C/C=C(\C=C/CC)CC.CC. The molecule has 0 amide bonds. The fourth-order valence-corrected chi connectivity index (χ4v) is 0.712.